The maximum Gasteiger partial charge on any atom is 0.302 e. The largest absolute Gasteiger partial charge is 0.496 e. The molecule has 3 heterocycles. The summed E-state index contributed by atoms with van der Waals surface area (Å²) in [5.74, 6) is 0.740. The number of oxazole rings is 1. The van der Waals surface area contributed by atoms with Crippen LogP contribution in [0, 0.1) is 18.6 Å². The van der Waals surface area contributed by atoms with Crippen LogP contribution in [0.2, 0.25) is 0 Å². The van der Waals surface area contributed by atoms with Gasteiger partial charge in [0.15, 0.2) is 29.1 Å². The van der Waals surface area contributed by atoms with Crippen molar-refractivity contribution in [2.75, 3.05) is 13.7 Å². The van der Waals surface area contributed by atoms with Crippen LogP contribution in [0.25, 0.3) is 22.7 Å². The van der Waals surface area contributed by atoms with Crippen molar-refractivity contribution in [2.45, 2.75) is 45.1 Å². The van der Waals surface area contributed by atoms with Crippen LogP contribution >= 0.6 is 0 Å². The van der Waals surface area contributed by atoms with E-state index in [2.05, 4.69) is 15.2 Å². The summed E-state index contributed by atoms with van der Waals surface area (Å²) in [6.45, 7) is 3.82. The number of hydrogen-bond donors (Lipinski definition) is 0. The maximum atomic E-state index is 14.0. The molecule has 37 heavy (non-hydrogen) atoms. The number of carbonyl (C=O) groups excluding carboxylic acids is 1. The molecule has 0 amide bonds. The zero-order chi connectivity index (χ0) is 26.2. The van der Waals surface area contributed by atoms with Crippen LogP contribution in [0.4, 0.5) is 8.78 Å². The maximum absolute atomic E-state index is 14.0. The van der Waals surface area contributed by atoms with Gasteiger partial charge in [-0.1, -0.05) is 12.1 Å². The predicted molar refractivity (Wildman–Crippen MR) is 130 cm³/mol. The molecule has 10 heteroatoms. The Hall–Kier alpha value is -4.08. The van der Waals surface area contributed by atoms with Crippen molar-refractivity contribution in [3.05, 3.63) is 71.5 Å². The van der Waals surface area contributed by atoms with Crippen molar-refractivity contribution < 1.29 is 27.5 Å². The van der Waals surface area contributed by atoms with Crippen molar-refractivity contribution in [2.24, 2.45) is 0 Å². The second-order valence-corrected chi connectivity index (χ2v) is 9.25. The number of aromatic nitrogens is 4. The van der Waals surface area contributed by atoms with Gasteiger partial charge in [0.25, 0.3) is 0 Å². The van der Waals surface area contributed by atoms with Crippen LogP contribution < -0.4 is 4.74 Å². The van der Waals surface area contributed by atoms with Crippen LogP contribution in [-0.2, 0) is 27.9 Å². The third-order valence-corrected chi connectivity index (χ3v) is 6.69. The van der Waals surface area contributed by atoms with Gasteiger partial charge in [-0.2, -0.15) is 0 Å². The Balaban J connectivity index is 1.55. The summed E-state index contributed by atoms with van der Waals surface area (Å²) < 4.78 is 46.3. The first-order valence-electron chi connectivity index (χ1n) is 11.9. The summed E-state index contributed by atoms with van der Waals surface area (Å²) in [5.41, 5.74) is 1.37. The summed E-state index contributed by atoms with van der Waals surface area (Å²) in [6, 6.07) is 9.47. The van der Waals surface area contributed by atoms with Crippen molar-refractivity contribution in [1.82, 2.24) is 19.7 Å². The number of carbonyl (C=O) groups is 1. The van der Waals surface area contributed by atoms with Crippen LogP contribution in [0.1, 0.15) is 37.0 Å². The minimum atomic E-state index is -0.924. The summed E-state index contributed by atoms with van der Waals surface area (Å²) in [4.78, 5) is 15.9. The number of aryl methyl sites for hydroxylation is 1. The molecular formula is C27H26F2N4O4. The van der Waals surface area contributed by atoms with Crippen LogP contribution in [0.15, 0.2) is 47.0 Å². The van der Waals surface area contributed by atoms with Crippen molar-refractivity contribution in [1.29, 1.82) is 0 Å². The van der Waals surface area contributed by atoms with Crippen LogP contribution in [0.5, 0.6) is 5.75 Å². The Morgan fingerprint density at radius 2 is 2.00 bits per heavy atom. The second kappa shape index (κ2) is 9.76. The molecule has 0 bridgehead atoms. The van der Waals surface area contributed by atoms with Crippen LogP contribution in [0.3, 0.4) is 0 Å². The number of nitrogens with zero attached hydrogens (tertiary/aromatic N) is 4. The van der Waals surface area contributed by atoms with Gasteiger partial charge < -0.3 is 18.5 Å². The Bertz CT molecular complexity index is 1460. The number of fused-ring (bicyclic) bond motifs is 1. The van der Waals surface area contributed by atoms with Gasteiger partial charge in [0.2, 0.25) is 0 Å². The SMILES string of the molecule is COc1cc(-c2nnc3n2CCCC3(COC(C)=O)Cc2ccc(F)c(F)c2)ccc1-c1cnc(C)o1. The lowest BCUT2D eigenvalue weighted by atomic mass is 9.75. The fraction of sp³-hybridized carbons (Fsp3) is 0.333. The molecular weight excluding hydrogens is 482 g/mol. The number of ether oxygens (including phenoxy) is 2. The molecule has 4 aromatic rings. The van der Waals surface area contributed by atoms with E-state index in [9.17, 15) is 13.6 Å². The number of esters is 1. The molecule has 1 aliphatic rings. The second-order valence-electron chi connectivity index (χ2n) is 9.25. The number of methoxy groups -OCH3 is 1. The van der Waals surface area contributed by atoms with Gasteiger partial charge >= 0.3 is 5.97 Å². The normalized spacial score (nSPS) is 16.9. The number of rotatable bonds is 7. The molecule has 192 valence electrons. The van der Waals surface area contributed by atoms with Gasteiger partial charge in [-0.25, -0.2) is 13.8 Å². The molecule has 0 saturated carbocycles. The van der Waals surface area contributed by atoms with Gasteiger partial charge in [-0.3, -0.25) is 4.79 Å². The number of halogens is 2. The lowest BCUT2D eigenvalue weighted by Gasteiger charge is -2.36. The van der Waals surface area contributed by atoms with E-state index in [0.29, 0.717) is 54.0 Å². The van der Waals surface area contributed by atoms with E-state index < -0.39 is 23.0 Å². The summed E-state index contributed by atoms with van der Waals surface area (Å²) >= 11 is 0. The fourth-order valence-corrected chi connectivity index (χ4v) is 4.96. The highest BCUT2D eigenvalue weighted by molar-refractivity contribution is 5.71. The molecule has 0 saturated heterocycles. The molecule has 2 aromatic heterocycles. The highest BCUT2D eigenvalue weighted by Crippen LogP contribution is 2.40. The minimum absolute atomic E-state index is 0.0482. The molecule has 0 radical (unpaired) electrons. The topological polar surface area (TPSA) is 92.3 Å². The van der Waals surface area contributed by atoms with Crippen LogP contribution in [-0.4, -0.2) is 39.4 Å². The highest BCUT2D eigenvalue weighted by Gasteiger charge is 2.42. The van der Waals surface area contributed by atoms with Gasteiger partial charge in [-0.05, 0) is 49.1 Å². The highest BCUT2D eigenvalue weighted by atomic mass is 19.2. The average Bonchev–Trinajstić information content (AvgIpc) is 3.52. The first-order valence-corrected chi connectivity index (χ1v) is 11.9. The van der Waals surface area contributed by atoms with Gasteiger partial charge in [0, 0.05) is 26.0 Å². The van der Waals surface area contributed by atoms with Crippen molar-refractivity contribution in [3.63, 3.8) is 0 Å². The predicted octanol–water partition coefficient (Wildman–Crippen LogP) is 5.03. The third kappa shape index (κ3) is 4.71. The lowest BCUT2D eigenvalue weighted by Crippen LogP contribution is -2.41. The molecule has 1 aliphatic heterocycles. The molecule has 0 fully saturated rings. The monoisotopic (exact) mass is 508 g/mol. The molecule has 5 rings (SSSR count). The van der Waals surface area contributed by atoms with E-state index in [-0.39, 0.29) is 6.61 Å². The van der Waals surface area contributed by atoms with Gasteiger partial charge in [0.1, 0.15) is 18.2 Å². The molecule has 8 nitrogen and oxygen atoms in total. The molecule has 0 N–H and O–H groups in total. The Labute approximate surface area is 212 Å². The zero-order valence-electron chi connectivity index (χ0n) is 20.8. The van der Waals surface area contributed by atoms with E-state index in [1.165, 1.54) is 13.0 Å². The first kappa shape index (κ1) is 24.6. The summed E-state index contributed by atoms with van der Waals surface area (Å²) in [5, 5.41) is 9.02. The Morgan fingerprint density at radius 3 is 2.70 bits per heavy atom. The Morgan fingerprint density at radius 1 is 1.16 bits per heavy atom. The van der Waals surface area contributed by atoms with E-state index >= 15 is 0 Å². The summed E-state index contributed by atoms with van der Waals surface area (Å²) in [6.07, 6.45) is 3.36. The summed E-state index contributed by atoms with van der Waals surface area (Å²) in [7, 11) is 1.58. The Kier molecular flexibility index (Phi) is 6.49. The van der Waals surface area contributed by atoms with Crippen molar-refractivity contribution in [3.8, 4) is 28.5 Å². The number of benzene rings is 2. The molecule has 2 aromatic carbocycles. The fourth-order valence-electron chi connectivity index (χ4n) is 4.96. The third-order valence-electron chi connectivity index (χ3n) is 6.69. The van der Waals surface area contributed by atoms with E-state index in [1.54, 1.807) is 26.3 Å². The standard InChI is InChI=1S/C27H26F2N4O4/c1-16-30-14-24(37-16)20-7-6-19(12-23(20)35-3)25-31-32-26-27(15-36-17(2)34,9-4-10-33(25)26)13-18-5-8-21(28)22(29)11-18/h5-8,11-12,14H,4,9-10,13,15H2,1-3H3. The molecule has 0 spiro atoms. The quantitative estimate of drug-likeness (QED) is 0.323. The van der Waals surface area contributed by atoms with Gasteiger partial charge in [-0.15, -0.1) is 10.2 Å². The van der Waals surface area contributed by atoms with Gasteiger partial charge in [0.05, 0.1) is 24.3 Å². The molecule has 0 aliphatic carbocycles. The number of hydrogen-bond acceptors (Lipinski definition) is 7. The minimum Gasteiger partial charge on any atom is -0.496 e. The first-order chi connectivity index (χ1) is 17.8. The van der Waals surface area contributed by atoms with E-state index in [4.69, 9.17) is 13.9 Å². The molecule has 1 atom stereocenters. The average molecular weight is 509 g/mol. The smallest absolute Gasteiger partial charge is 0.302 e. The van der Waals surface area contributed by atoms with E-state index in [1.807, 2.05) is 22.8 Å². The van der Waals surface area contributed by atoms with Crippen molar-refractivity contribution >= 4 is 5.97 Å². The van der Waals surface area contributed by atoms with E-state index in [0.717, 1.165) is 23.6 Å². The molecule has 1 unspecified atom stereocenters. The zero-order valence-corrected chi connectivity index (χ0v) is 20.8. The lowest BCUT2D eigenvalue weighted by molar-refractivity contribution is -0.143.